The second-order valence-corrected chi connectivity index (χ2v) is 6.20. The zero-order valence-electron chi connectivity index (χ0n) is 12.3. The Morgan fingerprint density at radius 3 is 2.65 bits per heavy atom. The van der Waals surface area contributed by atoms with Crippen molar-refractivity contribution in [2.24, 2.45) is 0 Å². The molecule has 0 nitrogen and oxygen atoms in total. The molecule has 0 N–H and O–H groups in total. The lowest BCUT2D eigenvalue weighted by molar-refractivity contribution is 1.04. The van der Waals surface area contributed by atoms with E-state index in [1.165, 1.54) is 28.7 Å². The summed E-state index contributed by atoms with van der Waals surface area (Å²) in [5, 5.41) is 0. The zero-order chi connectivity index (χ0) is 14.4. The van der Waals surface area contributed by atoms with Crippen LogP contribution in [0.1, 0.15) is 31.4 Å². The topological polar surface area (TPSA) is 0 Å². The molecule has 0 saturated carbocycles. The van der Waals surface area contributed by atoms with Gasteiger partial charge in [0.25, 0.3) is 0 Å². The Kier molecular flexibility index (Phi) is 5.56. The summed E-state index contributed by atoms with van der Waals surface area (Å²) < 4.78 is 0. The van der Waals surface area contributed by atoms with Gasteiger partial charge < -0.3 is 0 Å². The summed E-state index contributed by atoms with van der Waals surface area (Å²) in [6.45, 7) is 4.29. The molecular formula is C19H23P. The molecule has 0 amide bonds. The largest absolute Gasteiger partial charge is 0.130 e. The van der Waals surface area contributed by atoms with Crippen LogP contribution < -0.4 is 0 Å². The lowest BCUT2D eigenvalue weighted by atomic mass is 10.0. The molecule has 0 radical (unpaired) electrons. The first kappa shape index (κ1) is 15.0. The lowest BCUT2D eigenvalue weighted by Crippen LogP contribution is -1.93. The summed E-state index contributed by atoms with van der Waals surface area (Å²) in [6, 6.07) is 8.59. The van der Waals surface area contributed by atoms with Gasteiger partial charge in [0.2, 0.25) is 0 Å². The van der Waals surface area contributed by atoms with Crippen LogP contribution in [0.15, 0.2) is 66.3 Å². The maximum Gasteiger partial charge on any atom is -0.00479 e. The monoisotopic (exact) mass is 282 g/mol. The first-order valence-electron chi connectivity index (χ1n) is 7.19. The molecule has 104 valence electrons. The summed E-state index contributed by atoms with van der Waals surface area (Å²) in [5.74, 6) is 0. The molecule has 1 aromatic carbocycles. The molecule has 0 aromatic heterocycles. The van der Waals surface area contributed by atoms with Gasteiger partial charge in [0.15, 0.2) is 0 Å². The number of rotatable bonds is 0. The Morgan fingerprint density at radius 1 is 1.15 bits per heavy atom. The van der Waals surface area contributed by atoms with Crippen LogP contribution in [0.4, 0.5) is 0 Å². The highest BCUT2D eigenvalue weighted by atomic mass is 31.0. The van der Waals surface area contributed by atoms with Gasteiger partial charge in [-0.15, -0.1) is 9.24 Å². The van der Waals surface area contributed by atoms with Gasteiger partial charge in [0.05, 0.1) is 0 Å². The molecule has 3 rings (SSSR count). The highest BCUT2D eigenvalue weighted by Gasteiger charge is 2.02. The Labute approximate surface area is 125 Å². The predicted molar refractivity (Wildman–Crippen MR) is 93.9 cm³/mol. The fraction of sp³-hybridized carbons (Fsp3) is 0.263. The van der Waals surface area contributed by atoms with Crippen molar-refractivity contribution < 1.29 is 0 Å². The van der Waals surface area contributed by atoms with E-state index in [1.807, 2.05) is 0 Å². The molecule has 20 heavy (non-hydrogen) atoms. The van der Waals surface area contributed by atoms with Crippen LogP contribution in [0, 0.1) is 0 Å². The Morgan fingerprint density at radius 2 is 1.95 bits per heavy atom. The quantitative estimate of drug-likeness (QED) is 0.563. The molecule has 0 spiro atoms. The lowest BCUT2D eigenvalue weighted by Gasteiger charge is -2.06. The highest BCUT2D eigenvalue weighted by molar-refractivity contribution is 7.17. The Bertz CT molecular complexity index is 573. The summed E-state index contributed by atoms with van der Waals surface area (Å²) in [4.78, 5) is 0. The maximum atomic E-state index is 2.79. The molecule has 2 aliphatic carbocycles. The molecule has 0 heterocycles. The maximum absolute atomic E-state index is 2.79. The van der Waals surface area contributed by atoms with Crippen molar-refractivity contribution in [3.63, 3.8) is 0 Å². The van der Waals surface area contributed by atoms with E-state index in [1.54, 1.807) is 0 Å². The molecule has 0 bridgehead atoms. The number of allylic oxidation sites excluding steroid dienone is 8. The summed E-state index contributed by atoms with van der Waals surface area (Å²) in [7, 11) is 2.79. The molecular weight excluding hydrogens is 259 g/mol. The van der Waals surface area contributed by atoms with E-state index >= 15 is 0 Å². The van der Waals surface area contributed by atoms with Crippen molar-refractivity contribution in [2.45, 2.75) is 32.3 Å². The zero-order valence-corrected chi connectivity index (χ0v) is 13.5. The molecule has 0 saturated heterocycles. The average Bonchev–Trinajstić information content (AvgIpc) is 2.65. The van der Waals surface area contributed by atoms with Crippen molar-refractivity contribution >= 4 is 14.8 Å². The predicted octanol–water partition coefficient (Wildman–Crippen LogP) is 5.34. The average molecular weight is 282 g/mol. The molecule has 0 fully saturated rings. The first-order chi connectivity index (χ1) is 9.66. The van der Waals surface area contributed by atoms with E-state index < -0.39 is 0 Å². The second kappa shape index (κ2) is 7.41. The number of benzene rings is 1. The molecule has 1 aromatic rings. The van der Waals surface area contributed by atoms with Gasteiger partial charge in [-0.25, -0.2) is 0 Å². The fourth-order valence-corrected chi connectivity index (χ4v) is 2.57. The molecule has 2 unspecified atom stereocenters. The minimum Gasteiger partial charge on any atom is -0.130 e. The smallest absolute Gasteiger partial charge is 0.00479 e. The number of fused-ring (bicyclic) bond motifs is 1. The summed E-state index contributed by atoms with van der Waals surface area (Å²) >= 11 is 0. The van der Waals surface area contributed by atoms with Crippen LogP contribution in [0.5, 0.6) is 0 Å². The van der Waals surface area contributed by atoms with Crippen molar-refractivity contribution in [1.29, 1.82) is 0 Å². The van der Waals surface area contributed by atoms with Crippen LogP contribution in [0.25, 0.3) is 5.57 Å². The highest BCUT2D eigenvalue weighted by Crippen LogP contribution is 2.21. The van der Waals surface area contributed by atoms with Crippen molar-refractivity contribution in [3.8, 4) is 0 Å². The molecule has 1 heteroatoms. The SMILES string of the molecule is CC1=CC=CCc2ccccc21.CC1=CCC(P)C=C1. The van der Waals surface area contributed by atoms with Crippen LogP contribution in [0.2, 0.25) is 0 Å². The van der Waals surface area contributed by atoms with E-state index in [9.17, 15) is 0 Å². The Hall–Kier alpha value is -1.39. The van der Waals surface area contributed by atoms with Crippen LogP contribution in [0.3, 0.4) is 0 Å². The van der Waals surface area contributed by atoms with Crippen molar-refractivity contribution in [1.82, 2.24) is 0 Å². The Balaban J connectivity index is 0.000000160. The van der Waals surface area contributed by atoms with Gasteiger partial charge in [0.1, 0.15) is 0 Å². The third-order valence-electron chi connectivity index (χ3n) is 3.58. The van der Waals surface area contributed by atoms with Crippen LogP contribution in [-0.2, 0) is 6.42 Å². The number of hydrogen-bond acceptors (Lipinski definition) is 0. The summed E-state index contributed by atoms with van der Waals surface area (Å²) in [6.07, 6.45) is 15.4. The van der Waals surface area contributed by atoms with Gasteiger partial charge in [-0.3, -0.25) is 0 Å². The minimum atomic E-state index is 0.679. The van der Waals surface area contributed by atoms with E-state index in [0.717, 1.165) is 6.42 Å². The van der Waals surface area contributed by atoms with E-state index in [2.05, 4.69) is 83.8 Å². The molecule has 2 aliphatic rings. The van der Waals surface area contributed by atoms with Gasteiger partial charge >= 0.3 is 0 Å². The van der Waals surface area contributed by atoms with Gasteiger partial charge in [-0.2, -0.15) is 0 Å². The molecule has 2 atom stereocenters. The number of hydrogen-bond donors (Lipinski definition) is 0. The second-order valence-electron chi connectivity index (χ2n) is 5.35. The van der Waals surface area contributed by atoms with E-state index in [4.69, 9.17) is 0 Å². The van der Waals surface area contributed by atoms with E-state index in [0.29, 0.717) is 5.66 Å². The fourth-order valence-electron chi connectivity index (χ4n) is 2.32. The molecule has 0 aliphatic heterocycles. The van der Waals surface area contributed by atoms with Crippen LogP contribution in [-0.4, -0.2) is 5.66 Å². The third kappa shape index (κ3) is 4.32. The first-order valence-corrected chi connectivity index (χ1v) is 7.86. The standard InChI is InChI=1S/C12H12.C7H11P/c1-10-6-2-3-7-11-8-4-5-9-12(10)11;1-6-2-4-7(8)5-3-6/h2-6,8-9H,7H2,1H3;2-4,7H,5,8H2,1H3. The minimum absolute atomic E-state index is 0.679. The van der Waals surface area contributed by atoms with Gasteiger partial charge in [0, 0.05) is 0 Å². The summed E-state index contributed by atoms with van der Waals surface area (Å²) in [5.41, 5.74) is 6.25. The van der Waals surface area contributed by atoms with Gasteiger partial charge in [-0.1, -0.05) is 66.3 Å². The normalized spacial score (nSPS) is 20.1. The van der Waals surface area contributed by atoms with Crippen molar-refractivity contribution in [2.75, 3.05) is 0 Å². The van der Waals surface area contributed by atoms with Gasteiger partial charge in [-0.05, 0) is 49.0 Å². The van der Waals surface area contributed by atoms with Crippen LogP contribution >= 0.6 is 9.24 Å². The van der Waals surface area contributed by atoms with Crippen molar-refractivity contribution in [3.05, 3.63) is 77.4 Å². The van der Waals surface area contributed by atoms with E-state index in [-0.39, 0.29) is 0 Å². The third-order valence-corrected chi connectivity index (χ3v) is 4.07.